The van der Waals surface area contributed by atoms with Crippen LogP contribution in [-0.2, 0) is 11.3 Å². The Labute approximate surface area is 119 Å². The molecule has 0 saturated carbocycles. The summed E-state index contributed by atoms with van der Waals surface area (Å²) in [6, 6.07) is 8.12. The van der Waals surface area contributed by atoms with Crippen LogP contribution in [0.25, 0.3) is 5.69 Å². The third kappa shape index (κ3) is 3.26. The Balaban J connectivity index is 2.03. The number of aryl methyl sites for hydroxylation is 1. The van der Waals surface area contributed by atoms with Gasteiger partial charge in [0.25, 0.3) is 0 Å². The number of amides is 1. The zero-order valence-electron chi connectivity index (χ0n) is 12.5. The molecular weight excluding hydrogens is 250 g/mol. The van der Waals surface area contributed by atoms with Crippen molar-refractivity contribution < 1.29 is 4.79 Å². The summed E-state index contributed by atoms with van der Waals surface area (Å²) >= 11 is 0. The molecule has 0 spiro atoms. The number of hydrogen-bond donors (Lipinski definition) is 1. The summed E-state index contributed by atoms with van der Waals surface area (Å²) in [6.07, 6.45) is 3.72. The van der Waals surface area contributed by atoms with Crippen LogP contribution in [0.1, 0.15) is 32.2 Å². The van der Waals surface area contributed by atoms with Crippen LogP contribution in [0.5, 0.6) is 0 Å². The fourth-order valence-electron chi connectivity index (χ4n) is 1.87. The van der Waals surface area contributed by atoms with Crippen molar-refractivity contribution in [1.82, 2.24) is 14.9 Å². The fourth-order valence-corrected chi connectivity index (χ4v) is 1.87. The van der Waals surface area contributed by atoms with Gasteiger partial charge in [-0.1, -0.05) is 32.9 Å². The van der Waals surface area contributed by atoms with Crippen molar-refractivity contribution in [2.45, 2.75) is 34.2 Å². The lowest BCUT2D eigenvalue weighted by atomic mass is 9.95. The number of imidazole rings is 1. The number of benzene rings is 1. The van der Waals surface area contributed by atoms with E-state index in [0.717, 1.165) is 17.1 Å². The third-order valence-electron chi connectivity index (χ3n) is 3.17. The molecule has 106 valence electrons. The lowest BCUT2D eigenvalue weighted by molar-refractivity contribution is -0.128. The maximum atomic E-state index is 11.8. The molecule has 0 atom stereocenters. The largest absolute Gasteiger partial charge is 0.352 e. The minimum atomic E-state index is -0.353. The maximum Gasteiger partial charge on any atom is 0.225 e. The number of nitrogens with zero attached hydrogens (tertiary/aromatic N) is 2. The first kappa shape index (κ1) is 14.3. The molecule has 2 aromatic rings. The van der Waals surface area contributed by atoms with Gasteiger partial charge in [0, 0.05) is 30.0 Å². The Hall–Kier alpha value is -2.10. The first-order chi connectivity index (χ1) is 9.38. The van der Waals surface area contributed by atoms with E-state index in [4.69, 9.17) is 0 Å². The van der Waals surface area contributed by atoms with E-state index in [2.05, 4.69) is 10.3 Å². The molecule has 1 heterocycles. The highest BCUT2D eigenvalue weighted by Crippen LogP contribution is 2.14. The van der Waals surface area contributed by atoms with Gasteiger partial charge in [0.2, 0.25) is 5.91 Å². The van der Waals surface area contributed by atoms with Gasteiger partial charge in [-0.25, -0.2) is 4.98 Å². The molecule has 0 aliphatic rings. The first-order valence-corrected chi connectivity index (χ1v) is 6.75. The highest BCUT2D eigenvalue weighted by Gasteiger charge is 2.20. The van der Waals surface area contributed by atoms with Gasteiger partial charge in [0.1, 0.15) is 5.82 Å². The monoisotopic (exact) mass is 271 g/mol. The summed E-state index contributed by atoms with van der Waals surface area (Å²) in [5.74, 6) is 1.02. The molecule has 4 heteroatoms. The van der Waals surface area contributed by atoms with Crippen molar-refractivity contribution in [3.8, 4) is 5.69 Å². The normalized spacial score (nSPS) is 11.4. The van der Waals surface area contributed by atoms with Gasteiger partial charge in [-0.15, -0.1) is 0 Å². The van der Waals surface area contributed by atoms with Crippen molar-refractivity contribution in [2.75, 3.05) is 0 Å². The van der Waals surface area contributed by atoms with Crippen LogP contribution in [0.15, 0.2) is 36.7 Å². The molecule has 1 N–H and O–H groups in total. The number of hydrogen-bond acceptors (Lipinski definition) is 2. The summed E-state index contributed by atoms with van der Waals surface area (Å²) < 4.78 is 2.03. The summed E-state index contributed by atoms with van der Waals surface area (Å²) in [7, 11) is 0. The predicted octanol–water partition coefficient (Wildman–Crippen LogP) is 2.84. The molecule has 1 amide bonds. The number of carbonyl (C=O) groups is 1. The van der Waals surface area contributed by atoms with Crippen molar-refractivity contribution in [3.63, 3.8) is 0 Å². The van der Waals surface area contributed by atoms with E-state index in [-0.39, 0.29) is 11.3 Å². The zero-order chi connectivity index (χ0) is 14.8. The smallest absolute Gasteiger partial charge is 0.225 e. The standard InChI is InChI=1S/C16H21N3O/c1-12-17-9-10-19(12)14-7-5-13(6-8-14)11-18-15(20)16(2,3)4/h5-10H,11H2,1-4H3,(H,18,20). The van der Waals surface area contributed by atoms with Gasteiger partial charge in [-0.3, -0.25) is 4.79 Å². The molecule has 1 aromatic carbocycles. The average Bonchev–Trinajstić information content (AvgIpc) is 2.82. The summed E-state index contributed by atoms with van der Waals surface area (Å²) in [4.78, 5) is 16.0. The lowest BCUT2D eigenvalue weighted by Crippen LogP contribution is -2.34. The van der Waals surface area contributed by atoms with Crippen LogP contribution in [0.2, 0.25) is 0 Å². The molecule has 0 radical (unpaired) electrons. The molecular formula is C16H21N3O. The number of carbonyl (C=O) groups excluding carboxylic acids is 1. The summed E-state index contributed by atoms with van der Waals surface area (Å²) in [6.45, 7) is 8.25. The highest BCUT2D eigenvalue weighted by atomic mass is 16.2. The van der Waals surface area contributed by atoms with Crippen molar-refractivity contribution >= 4 is 5.91 Å². The topological polar surface area (TPSA) is 46.9 Å². The second kappa shape index (κ2) is 5.49. The Morgan fingerprint density at radius 3 is 2.40 bits per heavy atom. The molecule has 0 bridgehead atoms. The number of rotatable bonds is 3. The average molecular weight is 271 g/mol. The maximum absolute atomic E-state index is 11.8. The first-order valence-electron chi connectivity index (χ1n) is 6.75. The molecule has 0 saturated heterocycles. The van der Waals surface area contributed by atoms with Crippen LogP contribution in [0, 0.1) is 12.3 Å². The fraction of sp³-hybridized carbons (Fsp3) is 0.375. The molecule has 1 aromatic heterocycles. The van der Waals surface area contributed by atoms with Crippen LogP contribution in [-0.4, -0.2) is 15.5 Å². The minimum Gasteiger partial charge on any atom is -0.352 e. The van der Waals surface area contributed by atoms with E-state index in [9.17, 15) is 4.79 Å². The summed E-state index contributed by atoms with van der Waals surface area (Å²) in [5.41, 5.74) is 1.81. The molecule has 0 aliphatic heterocycles. The van der Waals surface area contributed by atoms with Crippen LogP contribution in [0.4, 0.5) is 0 Å². The van der Waals surface area contributed by atoms with E-state index in [1.165, 1.54) is 0 Å². The van der Waals surface area contributed by atoms with Gasteiger partial charge < -0.3 is 9.88 Å². The lowest BCUT2D eigenvalue weighted by Gasteiger charge is -2.17. The molecule has 0 unspecified atom stereocenters. The molecule has 4 nitrogen and oxygen atoms in total. The van der Waals surface area contributed by atoms with Gasteiger partial charge in [-0.2, -0.15) is 0 Å². The highest BCUT2D eigenvalue weighted by molar-refractivity contribution is 5.81. The SMILES string of the molecule is Cc1nccn1-c1ccc(CNC(=O)C(C)(C)C)cc1. The van der Waals surface area contributed by atoms with Crippen molar-refractivity contribution in [2.24, 2.45) is 5.41 Å². The van der Waals surface area contributed by atoms with Crippen LogP contribution in [0.3, 0.4) is 0 Å². The Kier molecular flexibility index (Phi) is 3.93. The summed E-state index contributed by atoms with van der Waals surface area (Å²) in [5, 5.41) is 2.95. The third-order valence-corrected chi connectivity index (χ3v) is 3.17. The van der Waals surface area contributed by atoms with Crippen molar-refractivity contribution in [1.29, 1.82) is 0 Å². The minimum absolute atomic E-state index is 0.0621. The quantitative estimate of drug-likeness (QED) is 0.933. The Bertz CT molecular complexity index is 591. The number of aromatic nitrogens is 2. The van der Waals surface area contributed by atoms with Crippen molar-refractivity contribution in [3.05, 3.63) is 48.0 Å². The molecule has 2 rings (SSSR count). The van der Waals surface area contributed by atoms with Crippen LogP contribution < -0.4 is 5.32 Å². The van der Waals surface area contributed by atoms with E-state index in [1.54, 1.807) is 6.20 Å². The Morgan fingerprint density at radius 2 is 1.90 bits per heavy atom. The zero-order valence-corrected chi connectivity index (χ0v) is 12.5. The van der Waals surface area contributed by atoms with E-state index >= 15 is 0 Å². The Morgan fingerprint density at radius 1 is 1.25 bits per heavy atom. The van der Waals surface area contributed by atoms with Gasteiger partial charge >= 0.3 is 0 Å². The van der Waals surface area contributed by atoms with E-state index in [0.29, 0.717) is 6.54 Å². The molecule has 0 fully saturated rings. The second-order valence-corrected chi connectivity index (χ2v) is 5.94. The molecule has 0 aliphatic carbocycles. The van der Waals surface area contributed by atoms with Crippen LogP contribution >= 0.6 is 0 Å². The van der Waals surface area contributed by atoms with E-state index < -0.39 is 0 Å². The second-order valence-electron chi connectivity index (χ2n) is 5.94. The number of nitrogens with one attached hydrogen (secondary N) is 1. The molecule has 20 heavy (non-hydrogen) atoms. The van der Waals surface area contributed by atoms with Gasteiger partial charge in [0.15, 0.2) is 0 Å². The van der Waals surface area contributed by atoms with Gasteiger partial charge in [-0.05, 0) is 24.6 Å². The van der Waals surface area contributed by atoms with E-state index in [1.807, 2.05) is 62.7 Å². The predicted molar refractivity (Wildman–Crippen MR) is 79.6 cm³/mol. The van der Waals surface area contributed by atoms with Gasteiger partial charge in [0.05, 0.1) is 0 Å².